The van der Waals surface area contributed by atoms with E-state index in [0.717, 1.165) is 58.5 Å². The van der Waals surface area contributed by atoms with Gasteiger partial charge in [-0.05, 0) is 38.5 Å². The molecule has 0 aromatic carbocycles. The largest absolute Gasteiger partial charge is 0.381 e. The lowest BCUT2D eigenvalue weighted by Crippen LogP contribution is -2.49. The third-order valence-electron chi connectivity index (χ3n) is 5.21. The van der Waals surface area contributed by atoms with E-state index in [1.54, 1.807) is 0 Å². The maximum absolute atomic E-state index is 12.5. The molecule has 2 heterocycles. The molecule has 0 N–H and O–H groups in total. The maximum Gasteiger partial charge on any atom is 0.251 e. The van der Waals surface area contributed by atoms with Crippen molar-refractivity contribution >= 4 is 5.91 Å². The number of carbonyl (C=O) groups excluding carboxylic acids is 1. The van der Waals surface area contributed by atoms with Gasteiger partial charge in [-0.25, -0.2) is 0 Å². The van der Waals surface area contributed by atoms with Crippen molar-refractivity contribution in [1.82, 2.24) is 9.80 Å². The Bertz CT molecular complexity index is 350. The molecule has 0 radical (unpaired) electrons. The summed E-state index contributed by atoms with van der Waals surface area (Å²) in [4.78, 5) is 16.9. The number of likely N-dealkylation sites (tertiary alicyclic amines) is 1. The second-order valence-electron chi connectivity index (χ2n) is 7.08. The molecule has 0 aliphatic carbocycles. The van der Waals surface area contributed by atoms with Crippen LogP contribution in [-0.2, 0) is 14.3 Å². The number of amides is 1. The highest BCUT2D eigenvalue weighted by Gasteiger charge is 2.29. The normalized spacial score (nSPS) is 24.7. The molecule has 2 rings (SSSR count). The summed E-state index contributed by atoms with van der Waals surface area (Å²) in [6.45, 7) is 9.87. The van der Waals surface area contributed by atoms with Gasteiger partial charge in [0.1, 0.15) is 6.10 Å². The van der Waals surface area contributed by atoms with E-state index in [9.17, 15) is 4.79 Å². The summed E-state index contributed by atoms with van der Waals surface area (Å²) >= 11 is 0. The Hall–Kier alpha value is -0.650. The molecule has 5 heteroatoms. The predicted octanol–water partition coefficient (Wildman–Crippen LogP) is 2.15. The van der Waals surface area contributed by atoms with Gasteiger partial charge < -0.3 is 19.3 Å². The highest BCUT2D eigenvalue weighted by atomic mass is 16.5. The van der Waals surface area contributed by atoms with Crippen molar-refractivity contribution in [3.05, 3.63) is 0 Å². The van der Waals surface area contributed by atoms with E-state index >= 15 is 0 Å². The first-order chi connectivity index (χ1) is 11.1. The molecule has 0 unspecified atom stereocenters. The van der Waals surface area contributed by atoms with Gasteiger partial charge in [0.25, 0.3) is 5.91 Å². The lowest BCUT2D eigenvalue weighted by Gasteiger charge is -2.38. The van der Waals surface area contributed by atoms with Gasteiger partial charge in [0, 0.05) is 45.9 Å². The van der Waals surface area contributed by atoms with Crippen molar-refractivity contribution in [3.8, 4) is 0 Å². The van der Waals surface area contributed by atoms with Gasteiger partial charge in [-0.1, -0.05) is 13.3 Å². The van der Waals surface area contributed by atoms with Crippen molar-refractivity contribution in [3.63, 3.8) is 0 Å². The molecule has 1 amide bonds. The average Bonchev–Trinajstić information content (AvgIpc) is 3.07. The first kappa shape index (κ1) is 18.7. The van der Waals surface area contributed by atoms with Gasteiger partial charge in [-0.3, -0.25) is 4.79 Å². The summed E-state index contributed by atoms with van der Waals surface area (Å²) in [7, 11) is 1.94. The van der Waals surface area contributed by atoms with Crippen molar-refractivity contribution in [2.45, 2.75) is 58.1 Å². The summed E-state index contributed by atoms with van der Waals surface area (Å²) in [6, 6.07) is 0.357. The summed E-state index contributed by atoms with van der Waals surface area (Å²) in [6.07, 6.45) is 5.13. The van der Waals surface area contributed by atoms with Crippen LogP contribution in [-0.4, -0.2) is 74.4 Å². The van der Waals surface area contributed by atoms with E-state index in [-0.39, 0.29) is 12.0 Å². The molecule has 0 saturated carbocycles. The molecular weight excluding hydrogens is 292 g/mol. The first-order valence-corrected chi connectivity index (χ1v) is 9.30. The molecule has 0 bridgehead atoms. The molecule has 2 atom stereocenters. The zero-order valence-corrected chi connectivity index (χ0v) is 15.1. The number of rotatable bonds is 8. The number of hydrogen-bond donors (Lipinski definition) is 0. The van der Waals surface area contributed by atoms with Crippen LogP contribution in [0.1, 0.15) is 46.0 Å². The van der Waals surface area contributed by atoms with E-state index in [2.05, 4.69) is 11.8 Å². The minimum absolute atomic E-state index is 0.128. The third kappa shape index (κ3) is 5.73. The first-order valence-electron chi connectivity index (χ1n) is 9.30. The number of ether oxygens (including phenoxy) is 2. The Balaban J connectivity index is 1.69. The van der Waals surface area contributed by atoms with Gasteiger partial charge in [-0.15, -0.1) is 0 Å². The standard InChI is InChI=1S/C18H34N2O3/c1-4-5-11-23-15(2)18(21)19(3)17-6-9-20(10-7-17)13-16-8-12-22-14-16/h15-17H,4-14H2,1-3H3/t15-,16-/m1/s1. The van der Waals surface area contributed by atoms with Crippen LogP contribution in [0.3, 0.4) is 0 Å². The minimum Gasteiger partial charge on any atom is -0.381 e. The minimum atomic E-state index is -0.319. The molecule has 5 nitrogen and oxygen atoms in total. The Kier molecular flexibility index (Phi) is 7.80. The quantitative estimate of drug-likeness (QED) is 0.641. The number of likely N-dealkylation sites (N-methyl/N-ethyl adjacent to an activating group) is 1. The molecule has 2 fully saturated rings. The number of hydrogen-bond acceptors (Lipinski definition) is 4. The fourth-order valence-electron chi connectivity index (χ4n) is 3.52. The lowest BCUT2D eigenvalue weighted by molar-refractivity contribution is -0.144. The summed E-state index contributed by atoms with van der Waals surface area (Å²) in [5.74, 6) is 0.835. The topological polar surface area (TPSA) is 42.0 Å². The van der Waals surface area contributed by atoms with E-state index in [4.69, 9.17) is 9.47 Å². The van der Waals surface area contributed by atoms with E-state index in [1.807, 2.05) is 18.9 Å². The van der Waals surface area contributed by atoms with E-state index in [0.29, 0.717) is 18.6 Å². The van der Waals surface area contributed by atoms with Crippen LogP contribution in [0.4, 0.5) is 0 Å². The summed E-state index contributed by atoms with van der Waals surface area (Å²) in [5.41, 5.74) is 0. The zero-order chi connectivity index (χ0) is 16.7. The molecular formula is C18H34N2O3. The Morgan fingerprint density at radius 2 is 2.09 bits per heavy atom. The fraction of sp³-hybridized carbons (Fsp3) is 0.944. The Morgan fingerprint density at radius 1 is 1.35 bits per heavy atom. The molecule has 134 valence electrons. The molecule has 23 heavy (non-hydrogen) atoms. The lowest BCUT2D eigenvalue weighted by atomic mass is 10.0. The van der Waals surface area contributed by atoms with Crippen molar-refractivity contribution in [2.24, 2.45) is 5.92 Å². The maximum atomic E-state index is 12.5. The van der Waals surface area contributed by atoms with Crippen LogP contribution in [0.15, 0.2) is 0 Å². The van der Waals surface area contributed by atoms with Crippen molar-refractivity contribution in [1.29, 1.82) is 0 Å². The van der Waals surface area contributed by atoms with Crippen molar-refractivity contribution in [2.75, 3.05) is 46.5 Å². The molecule has 2 saturated heterocycles. The van der Waals surface area contributed by atoms with Gasteiger partial charge in [0.05, 0.1) is 6.61 Å². The van der Waals surface area contributed by atoms with Gasteiger partial charge in [0.2, 0.25) is 0 Å². The van der Waals surface area contributed by atoms with Crippen LogP contribution >= 0.6 is 0 Å². The molecule has 2 aliphatic rings. The molecule has 0 aromatic rings. The predicted molar refractivity (Wildman–Crippen MR) is 91.5 cm³/mol. The summed E-state index contributed by atoms with van der Waals surface area (Å²) < 4.78 is 11.1. The van der Waals surface area contributed by atoms with Crippen LogP contribution in [0.2, 0.25) is 0 Å². The average molecular weight is 326 g/mol. The van der Waals surface area contributed by atoms with Gasteiger partial charge in [0.15, 0.2) is 0 Å². The monoisotopic (exact) mass is 326 g/mol. The highest BCUT2D eigenvalue weighted by molar-refractivity contribution is 5.80. The Labute approximate surface area is 141 Å². The third-order valence-corrected chi connectivity index (χ3v) is 5.21. The van der Waals surface area contributed by atoms with Crippen molar-refractivity contribution < 1.29 is 14.3 Å². The van der Waals surface area contributed by atoms with E-state index in [1.165, 1.54) is 6.42 Å². The SMILES string of the molecule is CCCCO[C@H](C)C(=O)N(C)C1CCN(C[C@H]2CCOC2)CC1. The molecule has 0 aromatic heterocycles. The highest BCUT2D eigenvalue weighted by Crippen LogP contribution is 2.20. The number of piperidine rings is 1. The number of unbranched alkanes of at least 4 members (excludes halogenated alkanes) is 1. The van der Waals surface area contributed by atoms with E-state index < -0.39 is 0 Å². The van der Waals surface area contributed by atoms with Crippen LogP contribution in [0, 0.1) is 5.92 Å². The summed E-state index contributed by atoms with van der Waals surface area (Å²) in [5, 5.41) is 0. The van der Waals surface area contributed by atoms with Crippen LogP contribution in [0.25, 0.3) is 0 Å². The molecule has 0 spiro atoms. The smallest absolute Gasteiger partial charge is 0.251 e. The van der Waals surface area contributed by atoms with Crippen LogP contribution < -0.4 is 0 Å². The van der Waals surface area contributed by atoms with Gasteiger partial charge >= 0.3 is 0 Å². The van der Waals surface area contributed by atoms with Crippen LogP contribution in [0.5, 0.6) is 0 Å². The number of nitrogens with zero attached hydrogens (tertiary/aromatic N) is 2. The van der Waals surface area contributed by atoms with Gasteiger partial charge in [-0.2, -0.15) is 0 Å². The molecule has 2 aliphatic heterocycles. The zero-order valence-electron chi connectivity index (χ0n) is 15.1. The fourth-order valence-corrected chi connectivity index (χ4v) is 3.52. The second kappa shape index (κ2) is 9.60. The second-order valence-corrected chi connectivity index (χ2v) is 7.08. The Morgan fingerprint density at radius 3 is 2.70 bits per heavy atom. The number of carbonyl (C=O) groups is 1.